The summed E-state index contributed by atoms with van der Waals surface area (Å²) < 4.78 is 5.10. The maximum absolute atomic E-state index is 11.1. The van der Waals surface area contributed by atoms with Gasteiger partial charge in [-0.05, 0) is 48.2 Å². The first-order chi connectivity index (χ1) is 9.93. The van der Waals surface area contributed by atoms with E-state index >= 15 is 0 Å². The van der Waals surface area contributed by atoms with Gasteiger partial charge in [-0.1, -0.05) is 23.7 Å². The molecule has 5 heteroatoms. The summed E-state index contributed by atoms with van der Waals surface area (Å²) >= 11 is 6.01. The van der Waals surface area contributed by atoms with Crippen molar-refractivity contribution in [1.82, 2.24) is 0 Å². The quantitative estimate of drug-likeness (QED) is 0.905. The number of rotatable bonds is 4. The van der Waals surface area contributed by atoms with Gasteiger partial charge in [-0.15, -0.1) is 0 Å². The molecule has 0 aromatic heterocycles. The first-order valence-electron chi connectivity index (χ1n) is 6.31. The molecule has 0 amide bonds. The molecule has 0 atom stereocenters. The Bertz CT molecular complexity index is 678. The van der Waals surface area contributed by atoms with Crippen molar-refractivity contribution in [2.45, 2.75) is 13.3 Å². The zero-order valence-corrected chi connectivity index (χ0v) is 12.4. The minimum Gasteiger partial charge on any atom is -0.505 e. The van der Waals surface area contributed by atoms with Gasteiger partial charge in [-0.25, -0.2) is 4.79 Å². The van der Waals surface area contributed by atoms with Crippen molar-refractivity contribution in [3.05, 3.63) is 57.6 Å². The fourth-order valence-electron chi connectivity index (χ4n) is 2.10. The summed E-state index contributed by atoms with van der Waals surface area (Å²) in [6.07, 6.45) is 0.524. The second-order valence-electron chi connectivity index (χ2n) is 4.70. The van der Waals surface area contributed by atoms with E-state index in [-0.39, 0.29) is 16.3 Å². The SMILES string of the molecule is COc1ccc(Cc2cc(C(=O)O)c(O)c(Cl)c2C)cc1. The normalized spacial score (nSPS) is 10.4. The highest BCUT2D eigenvalue weighted by molar-refractivity contribution is 6.33. The van der Waals surface area contributed by atoms with Crippen LogP contribution < -0.4 is 4.74 Å². The monoisotopic (exact) mass is 306 g/mol. The number of halogens is 1. The van der Waals surface area contributed by atoms with Crippen LogP contribution in [0.5, 0.6) is 11.5 Å². The van der Waals surface area contributed by atoms with Crippen molar-refractivity contribution in [3.63, 3.8) is 0 Å². The van der Waals surface area contributed by atoms with E-state index in [2.05, 4.69) is 0 Å². The summed E-state index contributed by atoms with van der Waals surface area (Å²) in [6.45, 7) is 1.76. The molecule has 0 unspecified atom stereocenters. The Balaban J connectivity index is 2.41. The number of carbonyl (C=O) groups is 1. The molecule has 0 fully saturated rings. The van der Waals surface area contributed by atoms with Crippen LogP contribution in [0.15, 0.2) is 30.3 Å². The number of aromatic carboxylic acids is 1. The Kier molecular flexibility index (Phi) is 4.38. The standard InChI is InChI=1S/C16H15ClO4/c1-9-11(7-10-3-5-12(21-2)6-4-10)8-13(16(19)20)15(18)14(9)17/h3-6,8,18H,7H2,1-2H3,(H,19,20). The van der Waals surface area contributed by atoms with Gasteiger partial charge in [0.25, 0.3) is 0 Å². The number of phenols is 1. The van der Waals surface area contributed by atoms with Gasteiger partial charge in [0, 0.05) is 0 Å². The number of benzene rings is 2. The summed E-state index contributed by atoms with van der Waals surface area (Å²) in [5.41, 5.74) is 2.25. The molecule has 110 valence electrons. The molecule has 0 spiro atoms. The van der Waals surface area contributed by atoms with E-state index in [9.17, 15) is 9.90 Å². The van der Waals surface area contributed by atoms with Crippen LogP contribution in [-0.4, -0.2) is 23.3 Å². The van der Waals surface area contributed by atoms with Gasteiger partial charge in [0.15, 0.2) is 0 Å². The Morgan fingerprint density at radius 3 is 2.43 bits per heavy atom. The number of carboxylic acid groups (broad SMARTS) is 1. The lowest BCUT2D eigenvalue weighted by molar-refractivity contribution is 0.0693. The molecule has 0 radical (unpaired) electrons. The van der Waals surface area contributed by atoms with Crippen LogP contribution in [0.4, 0.5) is 0 Å². The van der Waals surface area contributed by atoms with Crippen molar-refractivity contribution in [2.75, 3.05) is 7.11 Å². The zero-order chi connectivity index (χ0) is 15.6. The third-order valence-electron chi connectivity index (χ3n) is 3.38. The van der Waals surface area contributed by atoms with E-state index in [0.717, 1.165) is 16.9 Å². The highest BCUT2D eigenvalue weighted by atomic mass is 35.5. The number of carboxylic acids is 1. The highest BCUT2D eigenvalue weighted by Crippen LogP contribution is 2.34. The first-order valence-corrected chi connectivity index (χ1v) is 6.69. The van der Waals surface area contributed by atoms with Gasteiger partial charge in [0.1, 0.15) is 17.1 Å². The summed E-state index contributed by atoms with van der Waals surface area (Å²) in [4.78, 5) is 11.1. The topological polar surface area (TPSA) is 66.8 Å². The zero-order valence-electron chi connectivity index (χ0n) is 11.7. The molecule has 2 aromatic carbocycles. The van der Waals surface area contributed by atoms with E-state index in [1.165, 1.54) is 6.07 Å². The van der Waals surface area contributed by atoms with E-state index in [1.807, 2.05) is 24.3 Å². The number of aromatic hydroxyl groups is 1. The van der Waals surface area contributed by atoms with Crippen LogP contribution in [0.2, 0.25) is 5.02 Å². The molecule has 2 rings (SSSR count). The summed E-state index contributed by atoms with van der Waals surface area (Å²) in [7, 11) is 1.60. The molecule has 2 N–H and O–H groups in total. The lowest BCUT2D eigenvalue weighted by atomic mass is 9.97. The van der Waals surface area contributed by atoms with Gasteiger partial charge in [-0.2, -0.15) is 0 Å². The number of hydrogen-bond donors (Lipinski definition) is 2. The Morgan fingerprint density at radius 2 is 1.90 bits per heavy atom. The number of methoxy groups -OCH3 is 1. The van der Waals surface area contributed by atoms with Crippen LogP contribution in [0.1, 0.15) is 27.0 Å². The third-order valence-corrected chi connectivity index (χ3v) is 3.84. The molecule has 0 saturated heterocycles. The van der Waals surface area contributed by atoms with Crippen LogP contribution >= 0.6 is 11.6 Å². The van der Waals surface area contributed by atoms with Crippen LogP contribution in [0, 0.1) is 6.92 Å². The number of hydrogen-bond acceptors (Lipinski definition) is 3. The summed E-state index contributed by atoms with van der Waals surface area (Å²) in [5.74, 6) is -0.837. The lowest BCUT2D eigenvalue weighted by Crippen LogP contribution is -2.02. The largest absolute Gasteiger partial charge is 0.505 e. The lowest BCUT2D eigenvalue weighted by Gasteiger charge is -2.12. The summed E-state index contributed by atoms with van der Waals surface area (Å²) in [5, 5.41) is 19.0. The van der Waals surface area contributed by atoms with Gasteiger partial charge in [-0.3, -0.25) is 0 Å². The molecule has 0 aliphatic heterocycles. The molecule has 21 heavy (non-hydrogen) atoms. The maximum atomic E-state index is 11.1. The molecule has 0 heterocycles. The Hall–Kier alpha value is -2.20. The minimum absolute atomic E-state index is 0.0819. The van der Waals surface area contributed by atoms with Crippen molar-refractivity contribution in [1.29, 1.82) is 0 Å². The van der Waals surface area contributed by atoms with Gasteiger partial charge in [0.2, 0.25) is 0 Å². The van der Waals surface area contributed by atoms with Crippen molar-refractivity contribution in [3.8, 4) is 11.5 Å². The fraction of sp³-hybridized carbons (Fsp3) is 0.188. The molecule has 2 aromatic rings. The van der Waals surface area contributed by atoms with Crippen LogP contribution in [0.25, 0.3) is 0 Å². The molecular weight excluding hydrogens is 292 g/mol. The Labute approximate surface area is 127 Å². The molecule has 0 aliphatic carbocycles. The summed E-state index contributed by atoms with van der Waals surface area (Å²) in [6, 6.07) is 8.94. The van der Waals surface area contributed by atoms with Gasteiger partial charge in [0.05, 0.1) is 12.1 Å². The van der Waals surface area contributed by atoms with Crippen molar-refractivity contribution < 1.29 is 19.7 Å². The molecule has 0 aliphatic rings. The smallest absolute Gasteiger partial charge is 0.339 e. The van der Waals surface area contributed by atoms with E-state index in [1.54, 1.807) is 14.0 Å². The first kappa shape index (κ1) is 15.2. The maximum Gasteiger partial charge on any atom is 0.339 e. The number of ether oxygens (including phenoxy) is 1. The molecular formula is C16H15ClO4. The van der Waals surface area contributed by atoms with Crippen molar-refractivity contribution in [2.24, 2.45) is 0 Å². The van der Waals surface area contributed by atoms with Gasteiger partial charge >= 0.3 is 5.97 Å². The molecule has 0 bridgehead atoms. The van der Waals surface area contributed by atoms with Crippen LogP contribution in [-0.2, 0) is 6.42 Å². The average Bonchev–Trinajstić information content (AvgIpc) is 2.48. The molecule has 0 saturated carbocycles. The molecule has 4 nitrogen and oxygen atoms in total. The van der Waals surface area contributed by atoms with Crippen molar-refractivity contribution >= 4 is 17.6 Å². The van der Waals surface area contributed by atoms with E-state index in [4.69, 9.17) is 21.4 Å². The Morgan fingerprint density at radius 1 is 1.29 bits per heavy atom. The van der Waals surface area contributed by atoms with E-state index < -0.39 is 5.97 Å². The third kappa shape index (κ3) is 3.11. The predicted octanol–water partition coefficient (Wildman–Crippen LogP) is 3.65. The van der Waals surface area contributed by atoms with Crippen LogP contribution in [0.3, 0.4) is 0 Å². The fourth-order valence-corrected chi connectivity index (χ4v) is 2.32. The second kappa shape index (κ2) is 6.06. The highest BCUT2D eigenvalue weighted by Gasteiger charge is 2.18. The average molecular weight is 307 g/mol. The van der Waals surface area contributed by atoms with E-state index in [0.29, 0.717) is 12.0 Å². The van der Waals surface area contributed by atoms with Gasteiger partial charge < -0.3 is 14.9 Å². The minimum atomic E-state index is -1.20. The second-order valence-corrected chi connectivity index (χ2v) is 5.08. The predicted molar refractivity (Wildman–Crippen MR) is 80.6 cm³/mol.